The van der Waals surface area contributed by atoms with Crippen LogP contribution in [0.2, 0.25) is 0 Å². The highest BCUT2D eigenvalue weighted by Gasteiger charge is 2.25. The van der Waals surface area contributed by atoms with Crippen LogP contribution in [0.25, 0.3) is 0 Å². The Morgan fingerprint density at radius 3 is 2.24 bits per heavy atom. The van der Waals surface area contributed by atoms with E-state index in [2.05, 4.69) is 44.3 Å². The van der Waals surface area contributed by atoms with Crippen LogP contribution in [0, 0.1) is 0 Å². The highest BCUT2D eigenvalue weighted by atomic mass is 32.1. The summed E-state index contributed by atoms with van der Waals surface area (Å²) in [6.45, 7) is 8.96. The van der Waals surface area contributed by atoms with Crippen LogP contribution >= 0.6 is 11.3 Å². The predicted molar refractivity (Wildman–Crippen MR) is 118 cm³/mol. The Labute approximate surface area is 177 Å². The van der Waals surface area contributed by atoms with Gasteiger partial charge < -0.3 is 14.5 Å². The molecule has 29 heavy (non-hydrogen) atoms. The van der Waals surface area contributed by atoms with E-state index < -0.39 is 0 Å². The fourth-order valence-corrected chi connectivity index (χ4v) is 4.77. The summed E-state index contributed by atoms with van der Waals surface area (Å²) < 4.78 is 5.23. The van der Waals surface area contributed by atoms with Crippen LogP contribution in [0.15, 0.2) is 41.8 Å². The van der Waals surface area contributed by atoms with E-state index >= 15 is 0 Å². The Balaban J connectivity index is 1.19. The number of anilines is 1. The normalized spacial score (nSPS) is 18.8. The molecule has 3 heterocycles. The molecule has 0 aliphatic carbocycles. The van der Waals surface area contributed by atoms with Crippen molar-refractivity contribution in [2.75, 3.05) is 70.9 Å². The fourth-order valence-electron chi connectivity index (χ4n) is 4.03. The monoisotopic (exact) mass is 414 g/mol. The van der Waals surface area contributed by atoms with Crippen molar-refractivity contribution in [3.05, 3.63) is 46.7 Å². The molecular weight excluding hydrogens is 384 g/mol. The fraction of sp³-hybridized carbons (Fsp3) is 0.500. The smallest absolute Gasteiger partial charge is 0.236 e. The number of nitrogens with zero attached hydrogens (tertiary/aromatic N) is 4. The summed E-state index contributed by atoms with van der Waals surface area (Å²) in [4.78, 5) is 23.3. The van der Waals surface area contributed by atoms with Gasteiger partial charge in [0.05, 0.1) is 13.7 Å². The SMILES string of the molecule is COc1ccc(N2CCN(C(=O)CN3CCN(Cc4cccs4)CC3)CC2)cc1. The van der Waals surface area contributed by atoms with Gasteiger partial charge in [-0.3, -0.25) is 14.6 Å². The molecule has 2 aromatic rings. The van der Waals surface area contributed by atoms with Crippen LogP contribution in [0.1, 0.15) is 4.88 Å². The lowest BCUT2D eigenvalue weighted by molar-refractivity contribution is -0.133. The van der Waals surface area contributed by atoms with Crippen molar-refractivity contribution >= 4 is 22.9 Å². The zero-order chi connectivity index (χ0) is 20.1. The third-order valence-corrected chi connectivity index (χ3v) is 6.71. The predicted octanol–water partition coefficient (Wildman–Crippen LogP) is 2.22. The minimum Gasteiger partial charge on any atom is -0.497 e. The quantitative estimate of drug-likeness (QED) is 0.725. The van der Waals surface area contributed by atoms with Crippen LogP contribution in [-0.2, 0) is 11.3 Å². The van der Waals surface area contributed by atoms with Crippen LogP contribution < -0.4 is 9.64 Å². The molecule has 1 aromatic heterocycles. The summed E-state index contributed by atoms with van der Waals surface area (Å²) in [5.74, 6) is 1.14. The number of benzene rings is 1. The summed E-state index contributed by atoms with van der Waals surface area (Å²) in [6, 6.07) is 12.5. The van der Waals surface area contributed by atoms with Gasteiger partial charge in [0.15, 0.2) is 0 Å². The number of hydrogen-bond donors (Lipinski definition) is 0. The first-order valence-electron chi connectivity index (χ1n) is 10.3. The summed E-state index contributed by atoms with van der Waals surface area (Å²) in [5.41, 5.74) is 1.19. The van der Waals surface area contributed by atoms with Crippen molar-refractivity contribution in [2.24, 2.45) is 0 Å². The van der Waals surface area contributed by atoms with Gasteiger partial charge in [0.25, 0.3) is 0 Å². The molecule has 156 valence electrons. The van der Waals surface area contributed by atoms with Gasteiger partial charge in [-0.2, -0.15) is 0 Å². The molecule has 2 saturated heterocycles. The molecular formula is C22H30N4O2S. The molecule has 6 nitrogen and oxygen atoms in total. The summed E-state index contributed by atoms with van der Waals surface area (Å²) >= 11 is 1.82. The largest absolute Gasteiger partial charge is 0.497 e. The molecule has 7 heteroatoms. The first-order valence-corrected chi connectivity index (χ1v) is 11.2. The zero-order valence-electron chi connectivity index (χ0n) is 17.1. The third-order valence-electron chi connectivity index (χ3n) is 5.85. The number of rotatable bonds is 6. The van der Waals surface area contributed by atoms with E-state index in [9.17, 15) is 4.79 Å². The molecule has 1 amide bonds. The first-order chi connectivity index (χ1) is 14.2. The second-order valence-electron chi connectivity index (χ2n) is 7.70. The second kappa shape index (κ2) is 9.61. The van der Waals surface area contributed by atoms with Gasteiger partial charge in [-0.1, -0.05) is 6.07 Å². The molecule has 0 bridgehead atoms. The topological polar surface area (TPSA) is 39.3 Å². The lowest BCUT2D eigenvalue weighted by atomic mass is 10.2. The van der Waals surface area contributed by atoms with Crippen molar-refractivity contribution in [3.63, 3.8) is 0 Å². The van der Waals surface area contributed by atoms with E-state index in [1.165, 1.54) is 10.6 Å². The number of carbonyl (C=O) groups excluding carboxylic acids is 1. The summed E-state index contributed by atoms with van der Waals surface area (Å²) in [7, 11) is 1.68. The van der Waals surface area contributed by atoms with Gasteiger partial charge in [-0.05, 0) is 35.7 Å². The van der Waals surface area contributed by atoms with Crippen molar-refractivity contribution < 1.29 is 9.53 Å². The van der Waals surface area contributed by atoms with E-state index in [0.29, 0.717) is 6.54 Å². The molecule has 2 aliphatic rings. The molecule has 0 unspecified atom stereocenters. The van der Waals surface area contributed by atoms with E-state index in [1.807, 2.05) is 28.4 Å². The number of methoxy groups -OCH3 is 1. The lowest BCUT2D eigenvalue weighted by Crippen LogP contribution is -2.53. The van der Waals surface area contributed by atoms with Crippen LogP contribution in [0.3, 0.4) is 0 Å². The Morgan fingerprint density at radius 2 is 1.62 bits per heavy atom. The molecule has 0 radical (unpaired) electrons. The highest BCUT2D eigenvalue weighted by molar-refractivity contribution is 7.09. The van der Waals surface area contributed by atoms with Gasteiger partial charge in [0.2, 0.25) is 5.91 Å². The maximum Gasteiger partial charge on any atom is 0.236 e. The number of hydrogen-bond acceptors (Lipinski definition) is 6. The van der Waals surface area contributed by atoms with E-state index in [4.69, 9.17) is 4.74 Å². The summed E-state index contributed by atoms with van der Waals surface area (Å²) in [5, 5.41) is 2.14. The van der Waals surface area contributed by atoms with Crippen LogP contribution in [0.5, 0.6) is 5.75 Å². The van der Waals surface area contributed by atoms with E-state index in [0.717, 1.165) is 64.7 Å². The van der Waals surface area contributed by atoms with Gasteiger partial charge in [0.1, 0.15) is 5.75 Å². The molecule has 2 fully saturated rings. The average molecular weight is 415 g/mol. The number of amides is 1. The minimum absolute atomic E-state index is 0.270. The number of thiophene rings is 1. The van der Waals surface area contributed by atoms with Gasteiger partial charge in [-0.25, -0.2) is 0 Å². The van der Waals surface area contributed by atoms with Gasteiger partial charge in [0, 0.05) is 69.5 Å². The van der Waals surface area contributed by atoms with Crippen LogP contribution in [-0.4, -0.2) is 86.6 Å². The molecule has 0 spiro atoms. The standard InChI is InChI=1S/C22H30N4O2S/c1-28-20-6-4-19(5-7-20)25-12-14-26(15-13-25)22(27)18-24-10-8-23(9-11-24)17-21-3-2-16-29-21/h2-7,16H,8-15,17-18H2,1H3. The Bertz CT molecular complexity index is 765. The summed E-state index contributed by atoms with van der Waals surface area (Å²) in [6.07, 6.45) is 0. The van der Waals surface area contributed by atoms with Crippen LogP contribution in [0.4, 0.5) is 5.69 Å². The molecule has 0 saturated carbocycles. The maximum atomic E-state index is 12.8. The van der Waals surface area contributed by atoms with E-state index in [1.54, 1.807) is 7.11 Å². The minimum atomic E-state index is 0.270. The molecule has 0 N–H and O–H groups in total. The van der Waals surface area contributed by atoms with Crippen molar-refractivity contribution in [1.29, 1.82) is 0 Å². The number of ether oxygens (including phenoxy) is 1. The first kappa shape index (κ1) is 20.2. The Kier molecular flexibility index (Phi) is 6.69. The zero-order valence-corrected chi connectivity index (χ0v) is 17.9. The number of piperazine rings is 2. The second-order valence-corrected chi connectivity index (χ2v) is 8.73. The van der Waals surface area contributed by atoms with Gasteiger partial charge in [-0.15, -0.1) is 11.3 Å². The molecule has 0 atom stereocenters. The van der Waals surface area contributed by atoms with Crippen molar-refractivity contribution in [1.82, 2.24) is 14.7 Å². The van der Waals surface area contributed by atoms with E-state index in [-0.39, 0.29) is 5.91 Å². The Morgan fingerprint density at radius 1 is 0.931 bits per heavy atom. The lowest BCUT2D eigenvalue weighted by Gasteiger charge is -2.38. The Hall–Kier alpha value is -2.09. The van der Waals surface area contributed by atoms with Crippen molar-refractivity contribution in [3.8, 4) is 5.75 Å². The molecule has 4 rings (SSSR count). The molecule has 1 aromatic carbocycles. The average Bonchev–Trinajstić information content (AvgIpc) is 3.28. The third kappa shape index (κ3) is 5.29. The van der Waals surface area contributed by atoms with Gasteiger partial charge >= 0.3 is 0 Å². The van der Waals surface area contributed by atoms with Crippen molar-refractivity contribution in [2.45, 2.75) is 6.54 Å². The molecule has 2 aliphatic heterocycles. The highest BCUT2D eigenvalue weighted by Crippen LogP contribution is 2.20. The number of carbonyl (C=O) groups is 1. The maximum absolute atomic E-state index is 12.8.